The molecular formula is C13H9Cl2N3. The van der Waals surface area contributed by atoms with Crippen LogP contribution in [0, 0.1) is 6.92 Å². The monoisotopic (exact) mass is 277 g/mol. The quantitative estimate of drug-likeness (QED) is 0.673. The number of nitrogens with zero attached hydrogens (tertiary/aromatic N) is 3. The number of benzene rings is 1. The second kappa shape index (κ2) is 4.26. The van der Waals surface area contributed by atoms with Gasteiger partial charge in [0.2, 0.25) is 0 Å². The molecule has 5 heteroatoms. The van der Waals surface area contributed by atoms with Gasteiger partial charge in [-0.3, -0.25) is 0 Å². The highest BCUT2D eigenvalue weighted by Crippen LogP contribution is 2.28. The molecule has 0 spiro atoms. The molecule has 0 radical (unpaired) electrons. The summed E-state index contributed by atoms with van der Waals surface area (Å²) in [5, 5.41) is 5.11. The Morgan fingerprint density at radius 2 is 1.83 bits per heavy atom. The summed E-state index contributed by atoms with van der Waals surface area (Å²) in [5.41, 5.74) is 3.25. The Kier molecular flexibility index (Phi) is 2.73. The molecule has 3 aromatic rings. The van der Waals surface area contributed by atoms with Gasteiger partial charge >= 0.3 is 0 Å². The van der Waals surface area contributed by atoms with E-state index in [9.17, 15) is 0 Å². The van der Waals surface area contributed by atoms with E-state index in [1.807, 2.05) is 43.3 Å². The first kappa shape index (κ1) is 11.5. The van der Waals surface area contributed by atoms with Crippen LogP contribution in [-0.4, -0.2) is 14.6 Å². The second-order valence-electron chi connectivity index (χ2n) is 4.01. The number of hydrogen-bond donors (Lipinski definition) is 0. The average Bonchev–Trinajstić information content (AvgIpc) is 2.69. The highest BCUT2D eigenvalue weighted by Gasteiger charge is 2.14. The van der Waals surface area contributed by atoms with Gasteiger partial charge in [-0.25, -0.2) is 9.50 Å². The van der Waals surface area contributed by atoms with Crippen LogP contribution in [0.2, 0.25) is 10.3 Å². The van der Waals surface area contributed by atoms with Crippen molar-refractivity contribution in [2.45, 2.75) is 6.92 Å². The maximum absolute atomic E-state index is 6.30. The molecule has 90 valence electrons. The van der Waals surface area contributed by atoms with Crippen molar-refractivity contribution >= 4 is 28.8 Å². The molecule has 0 atom stereocenters. The van der Waals surface area contributed by atoms with Crippen LogP contribution in [0.1, 0.15) is 5.56 Å². The molecule has 0 aliphatic carbocycles. The Bertz CT molecular complexity index is 720. The van der Waals surface area contributed by atoms with E-state index in [1.165, 1.54) is 0 Å². The number of imidazole rings is 1. The van der Waals surface area contributed by atoms with E-state index in [0.717, 1.165) is 11.1 Å². The van der Waals surface area contributed by atoms with Crippen molar-refractivity contribution in [3.8, 4) is 11.3 Å². The van der Waals surface area contributed by atoms with E-state index in [4.69, 9.17) is 23.2 Å². The zero-order valence-electron chi connectivity index (χ0n) is 9.56. The zero-order valence-corrected chi connectivity index (χ0v) is 11.1. The summed E-state index contributed by atoms with van der Waals surface area (Å²) < 4.78 is 1.55. The molecule has 0 N–H and O–H groups in total. The van der Waals surface area contributed by atoms with Crippen molar-refractivity contribution in [1.82, 2.24) is 14.6 Å². The van der Waals surface area contributed by atoms with Crippen LogP contribution in [0.4, 0.5) is 0 Å². The topological polar surface area (TPSA) is 30.2 Å². The summed E-state index contributed by atoms with van der Waals surface area (Å²) in [4.78, 5) is 4.49. The van der Waals surface area contributed by atoms with Gasteiger partial charge in [-0.15, -0.1) is 0 Å². The maximum Gasteiger partial charge on any atom is 0.159 e. The van der Waals surface area contributed by atoms with Crippen LogP contribution in [0.25, 0.3) is 16.9 Å². The van der Waals surface area contributed by atoms with Crippen LogP contribution in [-0.2, 0) is 0 Å². The van der Waals surface area contributed by atoms with Gasteiger partial charge in [0.15, 0.2) is 16.0 Å². The summed E-state index contributed by atoms with van der Waals surface area (Å²) >= 11 is 12.3. The van der Waals surface area contributed by atoms with Crippen molar-refractivity contribution < 1.29 is 0 Å². The van der Waals surface area contributed by atoms with Gasteiger partial charge in [0.1, 0.15) is 5.69 Å². The molecule has 0 amide bonds. The largest absolute Gasteiger partial charge is 0.225 e. The molecule has 3 nitrogen and oxygen atoms in total. The van der Waals surface area contributed by atoms with E-state index >= 15 is 0 Å². The number of rotatable bonds is 1. The predicted molar refractivity (Wildman–Crippen MR) is 73.2 cm³/mol. The molecular weight excluding hydrogens is 269 g/mol. The number of aryl methyl sites for hydroxylation is 1. The maximum atomic E-state index is 6.30. The fourth-order valence-electron chi connectivity index (χ4n) is 1.80. The number of fused-ring (bicyclic) bond motifs is 1. The molecule has 2 heterocycles. The molecule has 3 rings (SSSR count). The normalized spacial score (nSPS) is 11.1. The molecule has 0 fully saturated rings. The third-order valence-electron chi connectivity index (χ3n) is 2.73. The van der Waals surface area contributed by atoms with Crippen LogP contribution < -0.4 is 0 Å². The minimum Gasteiger partial charge on any atom is -0.225 e. The first-order valence-corrected chi connectivity index (χ1v) is 6.19. The van der Waals surface area contributed by atoms with Gasteiger partial charge in [0.25, 0.3) is 0 Å². The molecule has 18 heavy (non-hydrogen) atoms. The Morgan fingerprint density at radius 1 is 1.11 bits per heavy atom. The summed E-state index contributed by atoms with van der Waals surface area (Å²) in [5.74, 6) is 0. The van der Waals surface area contributed by atoms with E-state index in [2.05, 4.69) is 10.1 Å². The van der Waals surface area contributed by atoms with Crippen LogP contribution in [0.3, 0.4) is 0 Å². The van der Waals surface area contributed by atoms with Crippen LogP contribution in [0.15, 0.2) is 36.4 Å². The molecule has 0 saturated carbocycles. The molecule has 0 aliphatic heterocycles. The smallest absolute Gasteiger partial charge is 0.159 e. The Morgan fingerprint density at radius 3 is 2.56 bits per heavy atom. The van der Waals surface area contributed by atoms with Crippen molar-refractivity contribution in [2.24, 2.45) is 0 Å². The Labute approximate surface area is 114 Å². The molecule has 1 aromatic carbocycles. The van der Waals surface area contributed by atoms with E-state index < -0.39 is 0 Å². The van der Waals surface area contributed by atoms with Crippen molar-refractivity contribution in [3.05, 3.63) is 52.3 Å². The van der Waals surface area contributed by atoms with Gasteiger partial charge in [-0.05, 0) is 18.6 Å². The molecule has 0 unspecified atom stereocenters. The highest BCUT2D eigenvalue weighted by atomic mass is 35.5. The fourth-order valence-corrected chi connectivity index (χ4v) is 2.20. The summed E-state index contributed by atoms with van der Waals surface area (Å²) in [6.07, 6.45) is 0. The van der Waals surface area contributed by atoms with Crippen molar-refractivity contribution in [1.29, 1.82) is 0 Å². The minimum atomic E-state index is 0.432. The summed E-state index contributed by atoms with van der Waals surface area (Å²) in [7, 11) is 0. The van der Waals surface area contributed by atoms with Gasteiger partial charge in [0, 0.05) is 5.56 Å². The van der Waals surface area contributed by atoms with Gasteiger partial charge in [0.05, 0.1) is 0 Å². The molecule has 2 aromatic heterocycles. The lowest BCUT2D eigenvalue weighted by Gasteiger charge is -1.98. The third kappa shape index (κ3) is 1.76. The SMILES string of the molecule is Cc1cc2nc(-c3ccccc3)c(Cl)n2nc1Cl. The summed E-state index contributed by atoms with van der Waals surface area (Å²) in [6, 6.07) is 11.6. The zero-order chi connectivity index (χ0) is 12.7. The van der Waals surface area contributed by atoms with Crippen LogP contribution in [0.5, 0.6) is 0 Å². The van der Waals surface area contributed by atoms with E-state index in [0.29, 0.717) is 21.6 Å². The van der Waals surface area contributed by atoms with Crippen LogP contribution >= 0.6 is 23.2 Å². The Hall–Kier alpha value is -1.58. The number of halogens is 2. The number of hydrogen-bond acceptors (Lipinski definition) is 2. The van der Waals surface area contributed by atoms with Gasteiger partial charge in [-0.2, -0.15) is 5.10 Å². The number of aromatic nitrogens is 3. The Balaban J connectivity index is 2.30. The van der Waals surface area contributed by atoms with E-state index in [1.54, 1.807) is 4.52 Å². The first-order valence-electron chi connectivity index (χ1n) is 5.43. The molecule has 0 bridgehead atoms. The first-order chi connectivity index (χ1) is 8.66. The lowest BCUT2D eigenvalue weighted by Crippen LogP contribution is -1.93. The van der Waals surface area contributed by atoms with E-state index in [-0.39, 0.29) is 0 Å². The standard InChI is InChI=1S/C13H9Cl2N3/c1-8-7-10-16-11(9-5-3-2-4-6-9)13(15)18(10)17-12(8)14/h2-7H,1H3. The second-order valence-corrected chi connectivity index (χ2v) is 4.72. The fraction of sp³-hybridized carbons (Fsp3) is 0.0769. The average molecular weight is 278 g/mol. The summed E-state index contributed by atoms with van der Waals surface area (Å²) in [6.45, 7) is 1.89. The predicted octanol–water partition coefficient (Wildman–Crippen LogP) is 4.01. The molecule has 0 aliphatic rings. The minimum absolute atomic E-state index is 0.432. The lowest BCUT2D eigenvalue weighted by atomic mass is 10.2. The molecule has 0 saturated heterocycles. The third-order valence-corrected chi connectivity index (χ3v) is 3.44. The highest BCUT2D eigenvalue weighted by molar-refractivity contribution is 6.32. The van der Waals surface area contributed by atoms with Crippen molar-refractivity contribution in [3.63, 3.8) is 0 Å². The van der Waals surface area contributed by atoms with Crippen molar-refractivity contribution in [2.75, 3.05) is 0 Å². The lowest BCUT2D eigenvalue weighted by molar-refractivity contribution is 0.928. The van der Waals surface area contributed by atoms with Gasteiger partial charge in [-0.1, -0.05) is 53.5 Å². The van der Waals surface area contributed by atoms with Gasteiger partial charge < -0.3 is 0 Å².